The van der Waals surface area contributed by atoms with Gasteiger partial charge < -0.3 is 0 Å². The van der Waals surface area contributed by atoms with E-state index in [2.05, 4.69) is 10.3 Å². The predicted octanol–water partition coefficient (Wildman–Crippen LogP) is 6.46. The van der Waals surface area contributed by atoms with Crippen LogP contribution in [0.15, 0.2) is 114 Å². The molecular formula is C30H20ClN5O. The van der Waals surface area contributed by atoms with Gasteiger partial charge in [0.2, 0.25) is 0 Å². The van der Waals surface area contributed by atoms with E-state index in [-0.39, 0.29) is 5.56 Å². The van der Waals surface area contributed by atoms with Crippen LogP contribution < -0.4 is 5.56 Å². The van der Waals surface area contributed by atoms with Gasteiger partial charge in [0.05, 0.1) is 28.5 Å². The normalized spacial score (nSPS) is 11.4. The Labute approximate surface area is 217 Å². The fraction of sp³-hybridized carbons (Fsp3) is 0. The highest BCUT2D eigenvalue weighted by Gasteiger charge is 2.13. The van der Waals surface area contributed by atoms with Gasteiger partial charge in [0.25, 0.3) is 5.56 Å². The summed E-state index contributed by atoms with van der Waals surface area (Å²) >= 11 is 6.03. The number of nitrogens with zero attached hydrogens (tertiary/aromatic N) is 5. The van der Waals surface area contributed by atoms with Crippen LogP contribution in [-0.4, -0.2) is 24.5 Å². The second-order valence-electron chi connectivity index (χ2n) is 8.45. The molecule has 4 aromatic carbocycles. The standard InChI is InChI=1S/C30H20ClN5O/c31-23-16-13-21(14-17-23)15-18-29-32-27-12-5-4-11-26(27)30(37)36(29)25-10-6-9-24(19-25)35-20-28(33-34-35)22-7-2-1-3-8-22/h1-20H/b18-15+. The van der Waals surface area contributed by atoms with Gasteiger partial charge in [0.15, 0.2) is 0 Å². The predicted molar refractivity (Wildman–Crippen MR) is 148 cm³/mol. The molecule has 0 aliphatic carbocycles. The molecule has 6 nitrogen and oxygen atoms in total. The monoisotopic (exact) mass is 501 g/mol. The lowest BCUT2D eigenvalue weighted by atomic mass is 10.2. The zero-order valence-corrected chi connectivity index (χ0v) is 20.3. The molecule has 0 amide bonds. The Hall–Kier alpha value is -4.81. The van der Waals surface area contributed by atoms with Gasteiger partial charge in [0.1, 0.15) is 11.5 Å². The second-order valence-corrected chi connectivity index (χ2v) is 8.88. The second kappa shape index (κ2) is 9.68. The summed E-state index contributed by atoms with van der Waals surface area (Å²) in [5.41, 5.74) is 4.63. The van der Waals surface area contributed by atoms with Crippen LogP contribution in [0.1, 0.15) is 11.4 Å². The summed E-state index contributed by atoms with van der Waals surface area (Å²) in [4.78, 5) is 18.5. The van der Waals surface area contributed by atoms with Crippen molar-refractivity contribution < 1.29 is 0 Å². The summed E-state index contributed by atoms with van der Waals surface area (Å²) in [6.07, 6.45) is 5.63. The third kappa shape index (κ3) is 4.58. The quantitative estimate of drug-likeness (QED) is 0.272. The minimum absolute atomic E-state index is 0.151. The minimum Gasteiger partial charge on any atom is -0.268 e. The van der Waals surface area contributed by atoms with E-state index in [1.165, 1.54) is 0 Å². The van der Waals surface area contributed by atoms with Crippen molar-refractivity contribution in [1.82, 2.24) is 24.5 Å². The summed E-state index contributed by atoms with van der Waals surface area (Å²) in [5, 5.41) is 9.85. The summed E-state index contributed by atoms with van der Waals surface area (Å²) in [6, 6.07) is 32.3. The van der Waals surface area contributed by atoms with E-state index >= 15 is 0 Å². The molecule has 0 atom stereocenters. The van der Waals surface area contributed by atoms with E-state index in [9.17, 15) is 4.79 Å². The smallest absolute Gasteiger partial charge is 0.266 e. The Bertz CT molecular complexity index is 1800. The van der Waals surface area contributed by atoms with Gasteiger partial charge in [-0.2, -0.15) is 0 Å². The van der Waals surface area contributed by atoms with Crippen molar-refractivity contribution in [3.63, 3.8) is 0 Å². The minimum atomic E-state index is -0.151. The van der Waals surface area contributed by atoms with E-state index in [1.807, 2.05) is 115 Å². The van der Waals surface area contributed by atoms with E-state index in [0.29, 0.717) is 27.4 Å². The molecule has 0 unspecified atom stereocenters. The highest BCUT2D eigenvalue weighted by molar-refractivity contribution is 6.30. The molecule has 2 heterocycles. The van der Waals surface area contributed by atoms with Gasteiger partial charge in [0, 0.05) is 10.6 Å². The maximum Gasteiger partial charge on any atom is 0.266 e. The molecule has 7 heteroatoms. The molecule has 6 rings (SSSR count). The number of benzene rings is 4. The number of hydrogen-bond acceptors (Lipinski definition) is 4. The van der Waals surface area contributed by atoms with Crippen LogP contribution in [0.25, 0.3) is 45.7 Å². The van der Waals surface area contributed by atoms with E-state index in [4.69, 9.17) is 16.6 Å². The molecule has 0 aliphatic rings. The van der Waals surface area contributed by atoms with E-state index < -0.39 is 0 Å². The molecule has 37 heavy (non-hydrogen) atoms. The first-order chi connectivity index (χ1) is 18.2. The molecule has 2 aromatic heterocycles. The largest absolute Gasteiger partial charge is 0.268 e. The van der Waals surface area contributed by atoms with Crippen LogP contribution >= 0.6 is 11.6 Å². The Kier molecular flexibility index (Phi) is 5.92. The molecule has 0 saturated carbocycles. The van der Waals surface area contributed by atoms with Crippen LogP contribution in [0, 0.1) is 0 Å². The highest BCUT2D eigenvalue weighted by Crippen LogP contribution is 2.21. The van der Waals surface area contributed by atoms with Crippen LogP contribution in [0.4, 0.5) is 0 Å². The molecular weight excluding hydrogens is 482 g/mol. The molecule has 0 saturated heterocycles. The van der Waals surface area contributed by atoms with Crippen LogP contribution in [-0.2, 0) is 0 Å². The van der Waals surface area contributed by atoms with Gasteiger partial charge in [-0.05, 0) is 54.1 Å². The first-order valence-electron chi connectivity index (χ1n) is 11.7. The molecule has 178 valence electrons. The van der Waals surface area contributed by atoms with Crippen molar-refractivity contribution in [3.8, 4) is 22.6 Å². The van der Waals surface area contributed by atoms with Gasteiger partial charge in [-0.15, -0.1) is 5.10 Å². The summed E-state index contributed by atoms with van der Waals surface area (Å²) in [5.74, 6) is 0.513. The molecule has 0 radical (unpaired) electrons. The number of aromatic nitrogens is 5. The number of halogens is 1. The summed E-state index contributed by atoms with van der Waals surface area (Å²) in [7, 11) is 0. The fourth-order valence-corrected chi connectivity index (χ4v) is 4.29. The Morgan fingerprint density at radius 2 is 1.51 bits per heavy atom. The van der Waals surface area contributed by atoms with Crippen molar-refractivity contribution in [3.05, 3.63) is 136 Å². The summed E-state index contributed by atoms with van der Waals surface area (Å²) in [6.45, 7) is 0. The lowest BCUT2D eigenvalue weighted by Gasteiger charge is -2.12. The molecule has 0 spiro atoms. The van der Waals surface area contributed by atoms with Gasteiger partial charge in [-0.1, -0.05) is 83.6 Å². The Morgan fingerprint density at radius 1 is 0.757 bits per heavy atom. The van der Waals surface area contributed by atoms with Crippen molar-refractivity contribution in [2.24, 2.45) is 0 Å². The molecule has 0 N–H and O–H groups in total. The number of fused-ring (bicyclic) bond motifs is 1. The lowest BCUT2D eigenvalue weighted by molar-refractivity contribution is 0.801. The molecule has 0 bridgehead atoms. The zero-order valence-electron chi connectivity index (χ0n) is 19.6. The van der Waals surface area contributed by atoms with Crippen LogP contribution in [0.5, 0.6) is 0 Å². The third-order valence-corrected chi connectivity index (χ3v) is 6.26. The van der Waals surface area contributed by atoms with Crippen molar-refractivity contribution in [2.75, 3.05) is 0 Å². The fourth-order valence-electron chi connectivity index (χ4n) is 4.16. The van der Waals surface area contributed by atoms with Gasteiger partial charge in [-0.3, -0.25) is 9.36 Å². The third-order valence-electron chi connectivity index (χ3n) is 6.01. The molecule has 0 aliphatic heterocycles. The van der Waals surface area contributed by atoms with Crippen molar-refractivity contribution in [1.29, 1.82) is 0 Å². The average molecular weight is 502 g/mol. The number of para-hydroxylation sites is 1. The topological polar surface area (TPSA) is 65.6 Å². The Morgan fingerprint density at radius 3 is 2.35 bits per heavy atom. The van der Waals surface area contributed by atoms with Crippen molar-refractivity contribution in [2.45, 2.75) is 0 Å². The SMILES string of the molecule is O=c1c2ccccc2nc(/C=C/c2ccc(Cl)cc2)n1-c1cccc(-n2cc(-c3ccccc3)nn2)c1. The summed E-state index contributed by atoms with van der Waals surface area (Å²) < 4.78 is 3.32. The van der Waals surface area contributed by atoms with Crippen LogP contribution in [0.3, 0.4) is 0 Å². The average Bonchev–Trinajstić information content (AvgIpc) is 3.44. The number of hydrogen-bond donors (Lipinski definition) is 0. The maximum absolute atomic E-state index is 13.7. The maximum atomic E-state index is 13.7. The Balaban J connectivity index is 1.46. The highest BCUT2D eigenvalue weighted by atomic mass is 35.5. The van der Waals surface area contributed by atoms with Gasteiger partial charge in [-0.25, -0.2) is 9.67 Å². The van der Waals surface area contributed by atoms with Crippen LogP contribution in [0.2, 0.25) is 5.02 Å². The molecule has 0 fully saturated rings. The number of rotatable bonds is 5. The lowest BCUT2D eigenvalue weighted by Crippen LogP contribution is -2.22. The first-order valence-corrected chi connectivity index (χ1v) is 12.1. The first kappa shape index (κ1) is 22.6. The van der Waals surface area contributed by atoms with Gasteiger partial charge >= 0.3 is 0 Å². The van der Waals surface area contributed by atoms with E-state index in [1.54, 1.807) is 15.3 Å². The molecule has 6 aromatic rings. The van der Waals surface area contributed by atoms with Crippen molar-refractivity contribution >= 4 is 34.7 Å². The van der Waals surface area contributed by atoms with E-state index in [0.717, 1.165) is 22.5 Å². The zero-order chi connectivity index (χ0) is 25.2.